The molecule has 9 nitrogen and oxygen atoms in total. The highest BCUT2D eigenvalue weighted by Gasteiger charge is 2.31. The van der Waals surface area contributed by atoms with E-state index in [0.717, 1.165) is 12.8 Å². The van der Waals surface area contributed by atoms with Crippen molar-refractivity contribution in [3.05, 3.63) is 36.4 Å². The average molecular weight is 464 g/mol. The van der Waals surface area contributed by atoms with Crippen LogP contribution in [0.2, 0.25) is 0 Å². The number of amides is 1. The Morgan fingerprint density at radius 2 is 1.94 bits per heavy atom. The van der Waals surface area contributed by atoms with Crippen molar-refractivity contribution in [2.75, 3.05) is 18.4 Å². The van der Waals surface area contributed by atoms with Gasteiger partial charge in [-0.3, -0.25) is 0 Å². The molecule has 0 bridgehead atoms. The van der Waals surface area contributed by atoms with E-state index in [2.05, 4.69) is 25.3 Å². The van der Waals surface area contributed by atoms with Crippen molar-refractivity contribution in [3.8, 4) is 11.4 Å². The molecule has 3 heterocycles. The molecule has 3 aromatic rings. The highest BCUT2D eigenvalue weighted by atomic mass is 19.4. The topological polar surface area (TPSA) is 94.4 Å². The second-order valence-corrected chi connectivity index (χ2v) is 7.92. The number of alkyl halides is 3. The van der Waals surface area contributed by atoms with Crippen molar-refractivity contribution in [1.82, 2.24) is 24.9 Å². The molecule has 12 heteroatoms. The van der Waals surface area contributed by atoms with Crippen LogP contribution in [0.25, 0.3) is 16.9 Å². The molecule has 0 aliphatic carbocycles. The second kappa shape index (κ2) is 9.12. The quantitative estimate of drug-likeness (QED) is 0.607. The first-order valence-corrected chi connectivity index (χ1v) is 10.5. The van der Waals surface area contributed by atoms with E-state index in [1.165, 1.54) is 22.9 Å². The highest BCUT2D eigenvalue weighted by Crippen LogP contribution is 2.26. The summed E-state index contributed by atoms with van der Waals surface area (Å²) in [5.41, 5.74) is 1.22. The van der Waals surface area contributed by atoms with Crippen molar-refractivity contribution >= 4 is 23.1 Å². The Morgan fingerprint density at radius 1 is 1.18 bits per heavy atom. The Balaban J connectivity index is 1.47. The Hall–Kier alpha value is -3.57. The molecule has 1 saturated heterocycles. The number of nitrogens with one attached hydrogen (secondary N) is 1. The summed E-state index contributed by atoms with van der Waals surface area (Å²) in [6, 6.07) is 9.05. The summed E-state index contributed by atoms with van der Waals surface area (Å²) >= 11 is 0. The lowest BCUT2D eigenvalue weighted by atomic mass is 10.1. The number of likely N-dealkylation sites (tertiary alicyclic amines) is 1. The first kappa shape index (κ1) is 22.6. The SMILES string of the molecule is CC(C)OC(=O)N1CCC(Nc2ccc3nnn(-c4cccc(OC(F)(F)F)c4)c3n2)CC1. The summed E-state index contributed by atoms with van der Waals surface area (Å²) in [6.45, 7) is 4.76. The van der Waals surface area contributed by atoms with Gasteiger partial charge in [-0.05, 0) is 51.0 Å². The fourth-order valence-electron chi connectivity index (χ4n) is 3.57. The monoisotopic (exact) mass is 464 g/mol. The van der Waals surface area contributed by atoms with Gasteiger partial charge in [0, 0.05) is 25.2 Å². The Labute approximate surface area is 187 Å². The zero-order valence-corrected chi connectivity index (χ0v) is 18.0. The van der Waals surface area contributed by atoms with Gasteiger partial charge in [-0.15, -0.1) is 18.3 Å². The van der Waals surface area contributed by atoms with Crippen molar-refractivity contribution in [2.24, 2.45) is 0 Å². The van der Waals surface area contributed by atoms with E-state index >= 15 is 0 Å². The lowest BCUT2D eigenvalue weighted by molar-refractivity contribution is -0.274. The number of nitrogens with zero attached hydrogens (tertiary/aromatic N) is 5. The summed E-state index contributed by atoms with van der Waals surface area (Å²) in [6.07, 6.45) is -3.82. The molecule has 0 atom stereocenters. The lowest BCUT2D eigenvalue weighted by Crippen LogP contribution is -2.43. The molecule has 0 radical (unpaired) electrons. The van der Waals surface area contributed by atoms with Crippen molar-refractivity contribution in [1.29, 1.82) is 0 Å². The number of hydrogen-bond donors (Lipinski definition) is 1. The van der Waals surface area contributed by atoms with E-state index in [-0.39, 0.29) is 24.0 Å². The van der Waals surface area contributed by atoms with Crippen LogP contribution >= 0.6 is 0 Å². The van der Waals surface area contributed by atoms with Gasteiger partial charge in [0.25, 0.3) is 0 Å². The first-order chi connectivity index (χ1) is 15.7. The van der Waals surface area contributed by atoms with Crippen LogP contribution in [0.3, 0.4) is 0 Å². The molecule has 33 heavy (non-hydrogen) atoms. The Bertz CT molecular complexity index is 1130. The molecule has 1 amide bonds. The average Bonchev–Trinajstić information content (AvgIpc) is 3.16. The van der Waals surface area contributed by atoms with Crippen molar-refractivity contribution in [2.45, 2.75) is 45.2 Å². The first-order valence-electron chi connectivity index (χ1n) is 10.5. The van der Waals surface area contributed by atoms with E-state index in [4.69, 9.17) is 4.74 Å². The fraction of sp³-hybridized carbons (Fsp3) is 0.429. The van der Waals surface area contributed by atoms with E-state index in [1.807, 2.05) is 13.8 Å². The number of ether oxygens (including phenoxy) is 2. The normalized spacial score (nSPS) is 15.2. The van der Waals surface area contributed by atoms with E-state index in [1.54, 1.807) is 23.1 Å². The molecule has 0 saturated carbocycles. The number of hydrogen-bond acceptors (Lipinski definition) is 7. The van der Waals surface area contributed by atoms with Gasteiger partial charge in [-0.1, -0.05) is 11.3 Å². The molecular weight excluding hydrogens is 441 g/mol. The molecule has 1 aliphatic rings. The van der Waals surface area contributed by atoms with Crippen LogP contribution in [0, 0.1) is 0 Å². The minimum Gasteiger partial charge on any atom is -0.447 e. The summed E-state index contributed by atoms with van der Waals surface area (Å²) in [5, 5.41) is 11.4. The third-order valence-corrected chi connectivity index (χ3v) is 5.03. The van der Waals surface area contributed by atoms with Crippen LogP contribution in [0.5, 0.6) is 5.75 Å². The van der Waals surface area contributed by atoms with Crippen LogP contribution < -0.4 is 10.1 Å². The fourth-order valence-corrected chi connectivity index (χ4v) is 3.57. The van der Waals surface area contributed by atoms with E-state index in [0.29, 0.717) is 35.8 Å². The van der Waals surface area contributed by atoms with Gasteiger partial charge in [0.2, 0.25) is 0 Å². The second-order valence-electron chi connectivity index (χ2n) is 7.92. The standard InChI is InChI=1S/C21H23F3N6O3/c1-13(2)32-20(31)29-10-8-14(9-11-29)25-18-7-6-17-19(26-18)30(28-27-17)15-4-3-5-16(12-15)33-21(22,23)24/h3-7,12-14H,8-11H2,1-2H3,(H,25,26). The van der Waals surface area contributed by atoms with E-state index in [9.17, 15) is 18.0 Å². The number of aromatic nitrogens is 4. The molecule has 2 aromatic heterocycles. The molecule has 4 rings (SSSR count). The van der Waals surface area contributed by atoms with Crippen molar-refractivity contribution < 1.29 is 27.4 Å². The molecule has 1 aliphatic heterocycles. The number of carbonyl (C=O) groups excluding carboxylic acids is 1. The highest BCUT2D eigenvalue weighted by molar-refractivity contribution is 5.74. The molecule has 176 valence electrons. The smallest absolute Gasteiger partial charge is 0.447 e. The number of carbonyl (C=O) groups is 1. The van der Waals surface area contributed by atoms with Crippen LogP contribution in [0.15, 0.2) is 36.4 Å². The maximum atomic E-state index is 12.6. The zero-order chi connectivity index (χ0) is 23.6. The number of piperidine rings is 1. The zero-order valence-electron chi connectivity index (χ0n) is 18.0. The molecule has 0 spiro atoms. The number of pyridine rings is 1. The summed E-state index contributed by atoms with van der Waals surface area (Å²) < 4.78 is 48.3. The minimum absolute atomic E-state index is 0.103. The molecule has 1 fully saturated rings. The van der Waals surface area contributed by atoms with Gasteiger partial charge < -0.3 is 19.7 Å². The van der Waals surface area contributed by atoms with Gasteiger partial charge >= 0.3 is 12.5 Å². The number of rotatable bonds is 5. The van der Waals surface area contributed by atoms with Crippen molar-refractivity contribution in [3.63, 3.8) is 0 Å². The molecule has 1 N–H and O–H groups in total. The third-order valence-electron chi connectivity index (χ3n) is 5.03. The number of anilines is 1. The third kappa shape index (κ3) is 5.62. The maximum absolute atomic E-state index is 12.6. The predicted molar refractivity (Wildman–Crippen MR) is 113 cm³/mol. The number of benzene rings is 1. The van der Waals surface area contributed by atoms with Gasteiger partial charge in [-0.2, -0.15) is 4.68 Å². The lowest BCUT2D eigenvalue weighted by Gasteiger charge is -2.32. The number of halogens is 3. The maximum Gasteiger partial charge on any atom is 0.573 e. The predicted octanol–water partition coefficient (Wildman–Crippen LogP) is 4.14. The van der Waals surface area contributed by atoms with Gasteiger partial charge in [0.05, 0.1) is 11.8 Å². The summed E-state index contributed by atoms with van der Waals surface area (Å²) in [7, 11) is 0. The van der Waals surface area contributed by atoms with E-state index < -0.39 is 6.36 Å². The van der Waals surface area contributed by atoms with Crippen LogP contribution in [0.1, 0.15) is 26.7 Å². The number of fused-ring (bicyclic) bond motifs is 1. The summed E-state index contributed by atoms with van der Waals surface area (Å²) in [4.78, 5) is 18.3. The molecule has 1 aromatic carbocycles. The molecular formula is C21H23F3N6O3. The summed E-state index contributed by atoms with van der Waals surface area (Å²) in [5.74, 6) is 0.220. The van der Waals surface area contributed by atoms with Gasteiger partial charge in [0.15, 0.2) is 5.65 Å². The Kier molecular flexibility index (Phi) is 6.25. The van der Waals surface area contributed by atoms with Crippen LogP contribution in [-0.2, 0) is 4.74 Å². The van der Waals surface area contributed by atoms with Gasteiger partial charge in [-0.25, -0.2) is 9.78 Å². The van der Waals surface area contributed by atoms with Gasteiger partial charge in [0.1, 0.15) is 17.1 Å². The van der Waals surface area contributed by atoms with Crippen LogP contribution in [0.4, 0.5) is 23.8 Å². The molecule has 0 unspecified atom stereocenters. The Morgan fingerprint density at radius 3 is 2.64 bits per heavy atom. The minimum atomic E-state index is -4.79. The largest absolute Gasteiger partial charge is 0.573 e. The van der Waals surface area contributed by atoms with Crippen LogP contribution in [-0.4, -0.2) is 62.6 Å².